The number of unbranched alkanes of at least 4 members (excludes halogenated alkanes) is 1. The number of carbonyl (C=O) groups excluding carboxylic acids is 1. The fourth-order valence-electron chi connectivity index (χ4n) is 9.49. The van der Waals surface area contributed by atoms with Crippen LogP contribution in [0.2, 0.25) is 0 Å². The summed E-state index contributed by atoms with van der Waals surface area (Å²) < 4.78 is 6.03. The van der Waals surface area contributed by atoms with Crippen molar-refractivity contribution in [3.63, 3.8) is 0 Å². The zero-order chi connectivity index (χ0) is 26.1. The van der Waals surface area contributed by atoms with Gasteiger partial charge in [0.15, 0.2) is 0 Å². The van der Waals surface area contributed by atoms with Crippen LogP contribution in [0.5, 0.6) is 0 Å². The zero-order valence-electron chi connectivity index (χ0n) is 24.3. The van der Waals surface area contributed by atoms with E-state index in [1.165, 1.54) is 57.8 Å². The molecule has 0 aromatic heterocycles. The highest BCUT2D eigenvalue weighted by Gasteiger charge is 2.59. The van der Waals surface area contributed by atoms with E-state index in [1.54, 1.807) is 5.57 Å². The molecular weight excluding hydrogens is 508 g/mol. The maximum Gasteiger partial charge on any atom is 0.320 e. The first-order chi connectivity index (χ1) is 17.1. The minimum Gasteiger partial charge on any atom is -0.461 e. The quantitative estimate of drug-likeness (QED) is 0.150. The molecule has 0 spiro atoms. The van der Waals surface area contributed by atoms with Crippen molar-refractivity contribution < 1.29 is 9.53 Å². The molecule has 2 nitrogen and oxygen atoms in total. The normalized spacial score (nSPS) is 39.6. The Labute approximate surface area is 231 Å². The maximum absolute atomic E-state index is 12.6. The molecule has 36 heavy (non-hydrogen) atoms. The van der Waals surface area contributed by atoms with Crippen molar-refractivity contribution in [2.45, 2.75) is 142 Å². The fraction of sp³-hybridized carbons (Fsp3) is 0.909. The molecule has 0 amide bonds. The Bertz CT molecular complexity index is 789. The minimum absolute atomic E-state index is 0.0423. The Morgan fingerprint density at radius 2 is 1.81 bits per heavy atom. The lowest BCUT2D eigenvalue weighted by Gasteiger charge is -2.58. The summed E-state index contributed by atoms with van der Waals surface area (Å²) >= 11 is 3.57. The van der Waals surface area contributed by atoms with Gasteiger partial charge < -0.3 is 4.74 Å². The van der Waals surface area contributed by atoms with Crippen LogP contribution in [0.1, 0.15) is 131 Å². The van der Waals surface area contributed by atoms with Crippen LogP contribution in [0.25, 0.3) is 0 Å². The molecule has 0 saturated heterocycles. The van der Waals surface area contributed by atoms with Crippen LogP contribution in [0.3, 0.4) is 0 Å². The molecule has 0 bridgehead atoms. The summed E-state index contributed by atoms with van der Waals surface area (Å²) in [5, 5.41) is 0. The lowest BCUT2D eigenvalue weighted by Crippen LogP contribution is -2.51. The molecule has 0 unspecified atom stereocenters. The van der Waals surface area contributed by atoms with E-state index in [0.717, 1.165) is 67.6 Å². The molecule has 4 rings (SSSR count). The summed E-state index contributed by atoms with van der Waals surface area (Å²) in [5.74, 6) is 5.20. The summed E-state index contributed by atoms with van der Waals surface area (Å²) in [5.41, 5.74) is 2.49. The maximum atomic E-state index is 12.6. The van der Waals surface area contributed by atoms with Crippen LogP contribution in [0, 0.1) is 46.3 Å². The number of ether oxygens (including phenoxy) is 1. The van der Waals surface area contributed by atoms with E-state index < -0.39 is 0 Å². The molecule has 4 aliphatic rings. The second-order valence-electron chi connectivity index (χ2n) is 14.2. The van der Waals surface area contributed by atoms with Gasteiger partial charge in [-0.15, -0.1) is 0 Å². The zero-order valence-corrected chi connectivity index (χ0v) is 25.9. The van der Waals surface area contributed by atoms with Gasteiger partial charge in [-0.1, -0.05) is 101 Å². The van der Waals surface area contributed by atoms with Crippen LogP contribution < -0.4 is 0 Å². The molecule has 0 aliphatic heterocycles. The van der Waals surface area contributed by atoms with Gasteiger partial charge in [0, 0.05) is 6.42 Å². The van der Waals surface area contributed by atoms with Gasteiger partial charge in [-0.25, -0.2) is 0 Å². The van der Waals surface area contributed by atoms with Crippen molar-refractivity contribution in [3.05, 3.63) is 11.6 Å². The Kier molecular flexibility index (Phi) is 9.43. The highest BCUT2D eigenvalue weighted by Crippen LogP contribution is 2.67. The van der Waals surface area contributed by atoms with E-state index in [1.807, 2.05) is 0 Å². The van der Waals surface area contributed by atoms with Crippen LogP contribution in [0.15, 0.2) is 11.6 Å². The molecule has 0 N–H and O–H groups in total. The Morgan fingerprint density at radius 3 is 2.53 bits per heavy atom. The first-order valence-corrected chi connectivity index (χ1v) is 16.6. The van der Waals surface area contributed by atoms with Crippen molar-refractivity contribution in [3.8, 4) is 0 Å². The molecule has 0 aromatic carbocycles. The number of fused-ring (bicyclic) bond motifs is 5. The predicted octanol–water partition coefficient (Wildman–Crippen LogP) is 9.89. The van der Waals surface area contributed by atoms with Gasteiger partial charge in [-0.05, 0) is 97.7 Å². The highest BCUT2D eigenvalue weighted by molar-refractivity contribution is 9.10. The van der Waals surface area contributed by atoms with Crippen molar-refractivity contribution >= 4 is 21.9 Å². The van der Waals surface area contributed by atoms with Gasteiger partial charge >= 0.3 is 5.97 Å². The van der Waals surface area contributed by atoms with Gasteiger partial charge in [-0.3, -0.25) is 4.79 Å². The second kappa shape index (κ2) is 11.8. The number of allylic oxidation sites excluding steroid dienone is 1. The molecule has 3 saturated carbocycles. The third-order valence-corrected chi connectivity index (χ3v) is 12.4. The third-order valence-electron chi connectivity index (χ3n) is 11.6. The van der Waals surface area contributed by atoms with Gasteiger partial charge in [-0.2, -0.15) is 0 Å². The predicted molar refractivity (Wildman–Crippen MR) is 155 cm³/mol. The molecular formula is C33H55BrO2. The average molecular weight is 564 g/mol. The second-order valence-corrected chi connectivity index (χ2v) is 15.3. The molecule has 9 atom stereocenters. The number of hydrogen-bond acceptors (Lipinski definition) is 2. The summed E-state index contributed by atoms with van der Waals surface area (Å²) in [6, 6.07) is 0. The fourth-order valence-corrected chi connectivity index (χ4v) is 9.92. The van der Waals surface area contributed by atoms with Crippen LogP contribution >= 0.6 is 15.9 Å². The smallest absolute Gasteiger partial charge is 0.320 e. The van der Waals surface area contributed by atoms with Crippen LogP contribution in [-0.4, -0.2) is 16.9 Å². The van der Waals surface area contributed by atoms with Gasteiger partial charge in [0.2, 0.25) is 0 Å². The standard InChI is InChI=1S/C33H55BrO2/c1-7-8-12-30(34)31(35)36-25-17-19-32(5)24(21-25)13-14-26-28-16-15-27(23(4)11-9-10-22(2)3)33(28,6)20-18-29(26)32/h13,22-23,25-30H,7-12,14-21H2,1-6H3/t23-,25-,26+,27-,28+,29+,30+,32-,33+/m0/s1. The van der Waals surface area contributed by atoms with E-state index in [0.29, 0.717) is 10.8 Å². The van der Waals surface area contributed by atoms with Gasteiger partial charge in [0.05, 0.1) is 0 Å². The Balaban J connectivity index is 1.40. The average Bonchev–Trinajstić information content (AvgIpc) is 3.19. The number of rotatable bonds is 10. The van der Waals surface area contributed by atoms with E-state index in [-0.39, 0.29) is 16.9 Å². The lowest BCUT2D eigenvalue weighted by molar-refractivity contribution is -0.150. The molecule has 3 heteroatoms. The monoisotopic (exact) mass is 562 g/mol. The number of alkyl halides is 1. The number of halogens is 1. The SMILES string of the molecule is CCCC[C@@H](Br)C(=O)O[C@H]1CC[C@@]2(C)C(=CC[C@@H]3[C@H]4CC[C@@H]([C@@H](C)CCCC(C)C)[C@@]4(C)CC[C@H]32)C1. The highest BCUT2D eigenvalue weighted by atomic mass is 79.9. The van der Waals surface area contributed by atoms with Crippen LogP contribution in [-0.2, 0) is 9.53 Å². The number of carbonyl (C=O) groups is 1. The van der Waals surface area contributed by atoms with Crippen molar-refractivity contribution in [1.29, 1.82) is 0 Å². The van der Waals surface area contributed by atoms with E-state index in [4.69, 9.17) is 4.74 Å². The summed E-state index contributed by atoms with van der Waals surface area (Å²) in [6.07, 6.45) is 20.2. The molecule has 0 heterocycles. The first-order valence-electron chi connectivity index (χ1n) is 15.6. The van der Waals surface area contributed by atoms with E-state index in [9.17, 15) is 4.79 Å². The molecule has 0 aromatic rings. The number of esters is 1. The van der Waals surface area contributed by atoms with E-state index in [2.05, 4.69) is 63.5 Å². The van der Waals surface area contributed by atoms with Crippen molar-refractivity contribution in [2.24, 2.45) is 46.3 Å². The van der Waals surface area contributed by atoms with Crippen molar-refractivity contribution in [1.82, 2.24) is 0 Å². The van der Waals surface area contributed by atoms with Gasteiger partial charge in [0.1, 0.15) is 10.9 Å². The number of hydrogen-bond donors (Lipinski definition) is 0. The minimum atomic E-state index is -0.144. The summed E-state index contributed by atoms with van der Waals surface area (Å²) in [7, 11) is 0. The molecule has 4 aliphatic carbocycles. The van der Waals surface area contributed by atoms with Crippen molar-refractivity contribution in [2.75, 3.05) is 0 Å². The largest absolute Gasteiger partial charge is 0.461 e. The lowest BCUT2D eigenvalue weighted by atomic mass is 9.47. The van der Waals surface area contributed by atoms with Gasteiger partial charge in [0.25, 0.3) is 0 Å². The third kappa shape index (κ3) is 5.67. The molecule has 3 fully saturated rings. The Hall–Kier alpha value is -0.310. The summed E-state index contributed by atoms with van der Waals surface area (Å²) in [6.45, 7) is 14.8. The molecule has 206 valence electrons. The Morgan fingerprint density at radius 1 is 1.03 bits per heavy atom. The topological polar surface area (TPSA) is 26.3 Å². The van der Waals surface area contributed by atoms with Crippen LogP contribution in [0.4, 0.5) is 0 Å². The van der Waals surface area contributed by atoms with E-state index >= 15 is 0 Å². The summed E-state index contributed by atoms with van der Waals surface area (Å²) in [4.78, 5) is 12.5. The first kappa shape index (κ1) is 28.7. The molecule has 0 radical (unpaired) electrons.